The lowest BCUT2D eigenvalue weighted by Gasteiger charge is -2.27. The van der Waals surface area contributed by atoms with Crippen molar-refractivity contribution in [3.05, 3.63) is 23.8 Å². The molecule has 0 unspecified atom stereocenters. The number of ether oxygens (including phenoxy) is 2. The third-order valence-electron chi connectivity index (χ3n) is 4.79. The molecule has 0 saturated heterocycles. The molecule has 6 heteroatoms. The second kappa shape index (κ2) is 11.5. The summed E-state index contributed by atoms with van der Waals surface area (Å²) < 4.78 is 11.4. The smallest absolute Gasteiger partial charge is 0.258 e. The molecule has 0 spiro atoms. The molecule has 0 aromatic heterocycles. The van der Waals surface area contributed by atoms with Crippen molar-refractivity contribution in [1.82, 2.24) is 10.6 Å². The summed E-state index contributed by atoms with van der Waals surface area (Å²) >= 11 is 0. The molecule has 1 aromatic carbocycles. The van der Waals surface area contributed by atoms with Crippen molar-refractivity contribution in [2.45, 2.75) is 78.4 Å². The van der Waals surface area contributed by atoms with Crippen LogP contribution in [0.5, 0.6) is 11.5 Å². The molecule has 0 radical (unpaired) electrons. The van der Waals surface area contributed by atoms with Gasteiger partial charge in [0.1, 0.15) is 0 Å². The lowest BCUT2D eigenvalue weighted by atomic mass is 9.87. The maximum absolute atomic E-state index is 12.0. The van der Waals surface area contributed by atoms with Gasteiger partial charge in [-0.05, 0) is 77.0 Å². The van der Waals surface area contributed by atoms with Crippen molar-refractivity contribution in [2.75, 3.05) is 13.2 Å². The molecule has 160 valence electrons. The van der Waals surface area contributed by atoms with Gasteiger partial charge in [-0.3, -0.25) is 4.79 Å². The first kappa shape index (κ1) is 24.6. The summed E-state index contributed by atoms with van der Waals surface area (Å²) in [4.78, 5) is 12.0. The number of carbonyl (C=O) groups excluding carboxylic acids is 1. The largest absolute Gasteiger partial charge is 0.490 e. The Hall–Kier alpha value is -1.46. The van der Waals surface area contributed by atoms with Gasteiger partial charge in [-0.15, -0.1) is 12.4 Å². The van der Waals surface area contributed by atoms with Crippen LogP contribution in [0.4, 0.5) is 0 Å². The standard InChI is InChI=1S/C22H36N2O3.ClH/c1-6-26-20-13-17(14-23-18-10-7-16(2)8-11-18)9-12-19(20)27-15-21(25)24-22(3,4)5;/h9,12-13,16,18,23H,6-8,10-11,14-15H2,1-5H3,(H,24,25);1H. The molecule has 1 aliphatic rings. The molecule has 2 rings (SSSR count). The summed E-state index contributed by atoms with van der Waals surface area (Å²) in [6.45, 7) is 11.5. The van der Waals surface area contributed by atoms with Gasteiger partial charge >= 0.3 is 0 Å². The van der Waals surface area contributed by atoms with E-state index < -0.39 is 0 Å². The monoisotopic (exact) mass is 412 g/mol. The molecule has 0 atom stereocenters. The number of carbonyl (C=O) groups is 1. The number of hydrogen-bond acceptors (Lipinski definition) is 4. The van der Waals surface area contributed by atoms with Crippen LogP contribution in [0.15, 0.2) is 18.2 Å². The number of benzene rings is 1. The number of amides is 1. The summed E-state index contributed by atoms with van der Waals surface area (Å²) in [6.07, 6.45) is 5.13. The highest BCUT2D eigenvalue weighted by Crippen LogP contribution is 2.29. The fourth-order valence-corrected chi connectivity index (χ4v) is 3.37. The zero-order valence-electron chi connectivity index (χ0n) is 18.0. The summed E-state index contributed by atoms with van der Waals surface area (Å²) in [7, 11) is 0. The highest BCUT2D eigenvalue weighted by Gasteiger charge is 2.18. The van der Waals surface area contributed by atoms with Crippen LogP contribution >= 0.6 is 12.4 Å². The first-order valence-electron chi connectivity index (χ1n) is 10.2. The average Bonchev–Trinajstić information content (AvgIpc) is 2.59. The third kappa shape index (κ3) is 8.70. The van der Waals surface area contributed by atoms with E-state index in [0.717, 1.165) is 12.5 Å². The van der Waals surface area contributed by atoms with Gasteiger partial charge in [0.15, 0.2) is 18.1 Å². The van der Waals surface area contributed by atoms with Crippen molar-refractivity contribution in [3.8, 4) is 11.5 Å². The van der Waals surface area contributed by atoms with Gasteiger partial charge in [0.25, 0.3) is 5.91 Å². The van der Waals surface area contributed by atoms with E-state index in [9.17, 15) is 4.79 Å². The summed E-state index contributed by atoms with van der Waals surface area (Å²) in [5.74, 6) is 2.02. The number of rotatable bonds is 8. The van der Waals surface area contributed by atoms with Gasteiger partial charge in [0, 0.05) is 18.1 Å². The summed E-state index contributed by atoms with van der Waals surface area (Å²) in [6, 6.07) is 6.56. The molecule has 1 saturated carbocycles. The predicted molar refractivity (Wildman–Crippen MR) is 117 cm³/mol. The van der Waals surface area contributed by atoms with Crippen molar-refractivity contribution in [3.63, 3.8) is 0 Å². The average molecular weight is 413 g/mol. The zero-order valence-corrected chi connectivity index (χ0v) is 18.8. The third-order valence-corrected chi connectivity index (χ3v) is 4.79. The molecular formula is C22H37ClN2O3. The van der Waals surface area contributed by atoms with Gasteiger partial charge < -0.3 is 20.1 Å². The van der Waals surface area contributed by atoms with E-state index in [0.29, 0.717) is 24.1 Å². The Bertz CT molecular complexity index is 608. The first-order valence-corrected chi connectivity index (χ1v) is 10.2. The molecule has 2 N–H and O–H groups in total. The Morgan fingerprint density at radius 3 is 2.39 bits per heavy atom. The second-order valence-electron chi connectivity index (χ2n) is 8.64. The maximum atomic E-state index is 12.0. The molecule has 28 heavy (non-hydrogen) atoms. The molecular weight excluding hydrogens is 376 g/mol. The van der Waals surface area contributed by atoms with E-state index in [1.807, 2.05) is 45.9 Å². The predicted octanol–water partition coefficient (Wildman–Crippen LogP) is 4.47. The van der Waals surface area contributed by atoms with Gasteiger partial charge in [0.05, 0.1) is 6.61 Å². The Morgan fingerprint density at radius 1 is 1.11 bits per heavy atom. The van der Waals surface area contributed by atoms with Crippen LogP contribution in [0.2, 0.25) is 0 Å². The van der Waals surface area contributed by atoms with Gasteiger partial charge in [-0.25, -0.2) is 0 Å². The molecule has 1 amide bonds. The quantitative estimate of drug-likeness (QED) is 0.661. The fourth-order valence-electron chi connectivity index (χ4n) is 3.37. The highest BCUT2D eigenvalue weighted by molar-refractivity contribution is 5.85. The lowest BCUT2D eigenvalue weighted by Crippen LogP contribution is -2.43. The van der Waals surface area contributed by atoms with Crippen LogP contribution in [-0.2, 0) is 11.3 Å². The molecule has 1 aromatic rings. The van der Waals surface area contributed by atoms with Crippen LogP contribution in [0, 0.1) is 5.92 Å². The van der Waals surface area contributed by atoms with Gasteiger partial charge in [-0.1, -0.05) is 13.0 Å². The minimum Gasteiger partial charge on any atom is -0.490 e. The van der Waals surface area contributed by atoms with E-state index in [1.54, 1.807) is 0 Å². The van der Waals surface area contributed by atoms with E-state index in [4.69, 9.17) is 9.47 Å². The SMILES string of the molecule is CCOc1cc(CNC2CCC(C)CC2)ccc1OCC(=O)NC(C)(C)C.Cl. The zero-order chi connectivity index (χ0) is 19.9. The minimum atomic E-state index is -0.268. The normalized spacial score (nSPS) is 19.5. The van der Waals surface area contributed by atoms with E-state index in [2.05, 4.69) is 17.6 Å². The number of halogens is 1. The second-order valence-corrected chi connectivity index (χ2v) is 8.64. The molecule has 0 aliphatic heterocycles. The van der Waals surface area contributed by atoms with Crippen LogP contribution in [0.25, 0.3) is 0 Å². The fraction of sp³-hybridized carbons (Fsp3) is 0.682. The molecule has 1 fully saturated rings. The minimum absolute atomic E-state index is 0. The Morgan fingerprint density at radius 2 is 1.79 bits per heavy atom. The van der Waals surface area contributed by atoms with Crippen LogP contribution in [0.3, 0.4) is 0 Å². The van der Waals surface area contributed by atoms with Crippen molar-refractivity contribution >= 4 is 18.3 Å². The lowest BCUT2D eigenvalue weighted by molar-refractivity contribution is -0.124. The van der Waals surface area contributed by atoms with Crippen LogP contribution in [-0.4, -0.2) is 30.7 Å². The van der Waals surface area contributed by atoms with Gasteiger partial charge in [-0.2, -0.15) is 0 Å². The van der Waals surface area contributed by atoms with E-state index in [-0.39, 0.29) is 30.5 Å². The maximum Gasteiger partial charge on any atom is 0.258 e. The van der Waals surface area contributed by atoms with E-state index >= 15 is 0 Å². The van der Waals surface area contributed by atoms with Crippen molar-refractivity contribution in [1.29, 1.82) is 0 Å². The van der Waals surface area contributed by atoms with Gasteiger partial charge in [0.2, 0.25) is 0 Å². The number of hydrogen-bond donors (Lipinski definition) is 2. The number of nitrogens with one attached hydrogen (secondary N) is 2. The Balaban J connectivity index is 0.00000392. The van der Waals surface area contributed by atoms with Crippen LogP contribution in [0.1, 0.15) is 65.9 Å². The molecule has 0 heterocycles. The Labute approximate surface area is 176 Å². The summed E-state index contributed by atoms with van der Waals surface area (Å²) in [5, 5.41) is 6.56. The van der Waals surface area contributed by atoms with E-state index in [1.165, 1.54) is 31.2 Å². The van der Waals surface area contributed by atoms with Crippen molar-refractivity contribution in [2.24, 2.45) is 5.92 Å². The molecule has 0 bridgehead atoms. The van der Waals surface area contributed by atoms with Crippen molar-refractivity contribution < 1.29 is 14.3 Å². The topological polar surface area (TPSA) is 59.6 Å². The van der Waals surface area contributed by atoms with Crippen LogP contribution < -0.4 is 20.1 Å². The Kier molecular flexibility index (Phi) is 10.1. The molecule has 5 nitrogen and oxygen atoms in total. The summed E-state index contributed by atoms with van der Waals surface area (Å²) in [5.41, 5.74) is 0.902. The first-order chi connectivity index (χ1) is 12.8. The highest BCUT2D eigenvalue weighted by atomic mass is 35.5. The molecule has 1 aliphatic carbocycles.